The third kappa shape index (κ3) is 2.43. The normalized spacial score (nSPS) is 11.2. The second-order valence-corrected chi connectivity index (χ2v) is 5.82. The lowest BCUT2D eigenvalue weighted by molar-refractivity contribution is 0.562. The number of rotatable bonds is 3. The van der Waals surface area contributed by atoms with Crippen molar-refractivity contribution in [3.8, 4) is 0 Å². The van der Waals surface area contributed by atoms with E-state index in [-0.39, 0.29) is 15.8 Å². The van der Waals surface area contributed by atoms with E-state index in [1.54, 1.807) is 4.40 Å². The summed E-state index contributed by atoms with van der Waals surface area (Å²) in [6.07, 6.45) is 1.81. The van der Waals surface area contributed by atoms with Gasteiger partial charge in [-0.2, -0.15) is 0 Å². The molecule has 0 fully saturated rings. The molecular weight excluding hydrogens is 348 g/mol. The van der Waals surface area contributed by atoms with E-state index in [2.05, 4.69) is 26.1 Å². The fraction of sp³-hybridized carbons (Fsp3) is 0.0769. The van der Waals surface area contributed by atoms with Gasteiger partial charge in [0.15, 0.2) is 10.8 Å². The molecule has 0 saturated heterocycles. The van der Waals surface area contributed by atoms with Crippen LogP contribution in [0.3, 0.4) is 0 Å². The fourth-order valence-electron chi connectivity index (χ4n) is 1.76. The third-order valence-electron chi connectivity index (χ3n) is 2.77. The number of hydrogen-bond donors (Lipinski definition) is 0. The summed E-state index contributed by atoms with van der Waals surface area (Å²) in [4.78, 5) is 0. The van der Waals surface area contributed by atoms with Crippen molar-refractivity contribution in [2.24, 2.45) is 0 Å². The van der Waals surface area contributed by atoms with Crippen molar-refractivity contribution in [3.05, 3.63) is 58.2 Å². The molecule has 0 unspecified atom stereocenters. The monoisotopic (exact) mass is 355 g/mol. The van der Waals surface area contributed by atoms with Crippen molar-refractivity contribution in [1.29, 1.82) is 0 Å². The summed E-state index contributed by atoms with van der Waals surface area (Å²) in [5, 5.41) is 8.60. The molecule has 2 heterocycles. The van der Waals surface area contributed by atoms with Gasteiger partial charge in [-0.1, -0.05) is 17.8 Å². The van der Waals surface area contributed by atoms with Crippen LogP contribution >= 0.6 is 27.7 Å². The van der Waals surface area contributed by atoms with Crippen LogP contribution in [0.15, 0.2) is 46.2 Å². The first-order valence-electron chi connectivity index (χ1n) is 5.72. The fourth-order valence-corrected chi connectivity index (χ4v) is 3.06. The Morgan fingerprint density at radius 1 is 1.15 bits per heavy atom. The van der Waals surface area contributed by atoms with Crippen LogP contribution in [0.5, 0.6) is 0 Å². The Morgan fingerprint density at radius 3 is 2.85 bits per heavy atom. The van der Waals surface area contributed by atoms with Crippen molar-refractivity contribution in [2.75, 3.05) is 0 Å². The average molecular weight is 356 g/mol. The Balaban J connectivity index is 1.89. The maximum Gasteiger partial charge on any atom is 0.195 e. The van der Waals surface area contributed by atoms with Gasteiger partial charge in [-0.3, -0.25) is 4.40 Å². The van der Waals surface area contributed by atoms with Crippen LogP contribution in [0.4, 0.5) is 8.78 Å². The molecule has 1 aromatic carbocycles. The van der Waals surface area contributed by atoms with Crippen LogP contribution in [0.25, 0.3) is 5.65 Å². The summed E-state index contributed by atoms with van der Waals surface area (Å²) in [5.74, 6) is -0.995. The number of nitrogens with zero attached hydrogens (tertiary/aromatic N) is 3. The molecule has 0 radical (unpaired) electrons. The highest BCUT2D eigenvalue weighted by Gasteiger charge is 2.14. The second kappa shape index (κ2) is 5.49. The van der Waals surface area contributed by atoms with Crippen molar-refractivity contribution in [3.63, 3.8) is 0 Å². The lowest BCUT2D eigenvalue weighted by Gasteiger charge is -2.05. The minimum Gasteiger partial charge on any atom is -0.277 e. The summed E-state index contributed by atoms with van der Waals surface area (Å²) in [6.45, 7) is 0. The Bertz CT molecular complexity index is 775. The standard InChI is InChI=1S/C13H8BrF2N3S/c14-9-4-5-10(15)8(12(9)16)7-20-13-18-17-11-3-1-2-6-19(11)13/h1-6H,7H2. The molecule has 3 rings (SSSR count). The van der Waals surface area contributed by atoms with Crippen LogP contribution in [-0.4, -0.2) is 14.6 Å². The first kappa shape index (κ1) is 13.5. The van der Waals surface area contributed by atoms with E-state index in [0.717, 1.165) is 0 Å². The van der Waals surface area contributed by atoms with Gasteiger partial charge >= 0.3 is 0 Å². The number of thioether (sulfide) groups is 1. The number of aromatic nitrogens is 3. The number of pyridine rings is 1. The van der Waals surface area contributed by atoms with Crippen molar-refractivity contribution >= 4 is 33.3 Å². The first-order valence-corrected chi connectivity index (χ1v) is 7.49. The van der Waals surface area contributed by atoms with E-state index < -0.39 is 11.6 Å². The van der Waals surface area contributed by atoms with Gasteiger partial charge in [-0.15, -0.1) is 10.2 Å². The zero-order chi connectivity index (χ0) is 14.1. The minimum atomic E-state index is -0.577. The summed E-state index contributed by atoms with van der Waals surface area (Å²) < 4.78 is 29.5. The summed E-state index contributed by atoms with van der Waals surface area (Å²) in [5.41, 5.74) is 0.724. The Labute approximate surface area is 126 Å². The third-order valence-corrected chi connectivity index (χ3v) is 4.35. The predicted octanol–water partition coefficient (Wildman–Crippen LogP) is 4.06. The molecule has 102 valence electrons. The van der Waals surface area contributed by atoms with Gasteiger partial charge in [-0.05, 0) is 40.2 Å². The molecule has 0 aliphatic heterocycles. The molecule has 7 heteroatoms. The van der Waals surface area contributed by atoms with E-state index in [0.29, 0.717) is 10.8 Å². The molecule has 0 bridgehead atoms. The highest BCUT2D eigenvalue weighted by atomic mass is 79.9. The molecular formula is C13H8BrF2N3S. The van der Waals surface area contributed by atoms with Crippen LogP contribution in [0.1, 0.15) is 5.56 Å². The lowest BCUT2D eigenvalue weighted by Crippen LogP contribution is -1.95. The molecule has 3 aromatic rings. The van der Waals surface area contributed by atoms with Crippen molar-refractivity contribution in [2.45, 2.75) is 10.9 Å². The largest absolute Gasteiger partial charge is 0.277 e. The molecule has 0 spiro atoms. The Morgan fingerprint density at radius 2 is 2.00 bits per heavy atom. The number of benzene rings is 1. The van der Waals surface area contributed by atoms with Gasteiger partial charge in [0, 0.05) is 17.5 Å². The smallest absolute Gasteiger partial charge is 0.195 e. The van der Waals surface area contributed by atoms with E-state index in [1.165, 1.54) is 23.9 Å². The van der Waals surface area contributed by atoms with E-state index in [1.807, 2.05) is 24.4 Å². The Kier molecular flexibility index (Phi) is 3.71. The van der Waals surface area contributed by atoms with Crippen molar-refractivity contribution in [1.82, 2.24) is 14.6 Å². The Hall–Kier alpha value is -1.47. The van der Waals surface area contributed by atoms with Gasteiger partial charge < -0.3 is 0 Å². The number of fused-ring (bicyclic) bond motifs is 1. The topological polar surface area (TPSA) is 30.2 Å². The highest BCUT2D eigenvalue weighted by molar-refractivity contribution is 9.10. The first-order chi connectivity index (χ1) is 9.66. The zero-order valence-corrected chi connectivity index (χ0v) is 12.5. The summed E-state index contributed by atoms with van der Waals surface area (Å²) in [6, 6.07) is 8.11. The van der Waals surface area contributed by atoms with Crippen LogP contribution < -0.4 is 0 Å². The van der Waals surface area contributed by atoms with Crippen LogP contribution in [0, 0.1) is 11.6 Å². The maximum atomic E-state index is 13.9. The molecule has 0 saturated carbocycles. The maximum absolute atomic E-state index is 13.9. The quantitative estimate of drug-likeness (QED) is 0.524. The van der Waals surface area contributed by atoms with Gasteiger partial charge in [0.1, 0.15) is 11.6 Å². The minimum absolute atomic E-state index is 0.0251. The predicted molar refractivity (Wildman–Crippen MR) is 76.6 cm³/mol. The number of halogens is 3. The second-order valence-electron chi connectivity index (χ2n) is 4.02. The summed E-state index contributed by atoms with van der Waals surface area (Å²) in [7, 11) is 0. The van der Waals surface area contributed by atoms with Gasteiger partial charge in [-0.25, -0.2) is 8.78 Å². The van der Waals surface area contributed by atoms with Crippen LogP contribution in [0.2, 0.25) is 0 Å². The molecule has 0 aliphatic carbocycles. The molecule has 0 amide bonds. The highest BCUT2D eigenvalue weighted by Crippen LogP contribution is 2.28. The van der Waals surface area contributed by atoms with Gasteiger partial charge in [0.25, 0.3) is 0 Å². The molecule has 0 aliphatic rings. The van der Waals surface area contributed by atoms with E-state index in [9.17, 15) is 8.78 Å². The lowest BCUT2D eigenvalue weighted by atomic mass is 10.2. The molecule has 20 heavy (non-hydrogen) atoms. The van der Waals surface area contributed by atoms with E-state index >= 15 is 0 Å². The van der Waals surface area contributed by atoms with Crippen LogP contribution in [-0.2, 0) is 5.75 Å². The SMILES string of the molecule is Fc1ccc(Br)c(F)c1CSc1nnc2ccccn12. The van der Waals surface area contributed by atoms with E-state index in [4.69, 9.17) is 0 Å². The molecule has 2 aromatic heterocycles. The molecule has 3 nitrogen and oxygen atoms in total. The average Bonchev–Trinajstić information content (AvgIpc) is 2.87. The number of hydrogen-bond acceptors (Lipinski definition) is 3. The molecule has 0 N–H and O–H groups in total. The zero-order valence-electron chi connectivity index (χ0n) is 10.1. The molecule has 0 atom stereocenters. The van der Waals surface area contributed by atoms with Gasteiger partial charge in [0.05, 0.1) is 4.47 Å². The van der Waals surface area contributed by atoms with Gasteiger partial charge in [0.2, 0.25) is 0 Å². The summed E-state index contributed by atoms with van der Waals surface area (Å²) >= 11 is 4.29. The van der Waals surface area contributed by atoms with Crippen molar-refractivity contribution < 1.29 is 8.78 Å².